The van der Waals surface area contributed by atoms with E-state index in [0.717, 1.165) is 13.1 Å². The van der Waals surface area contributed by atoms with E-state index in [9.17, 15) is 4.79 Å². The second-order valence-corrected chi connectivity index (χ2v) is 5.26. The summed E-state index contributed by atoms with van der Waals surface area (Å²) >= 11 is 12.0. The van der Waals surface area contributed by atoms with Crippen LogP contribution in [0.5, 0.6) is 0 Å². The van der Waals surface area contributed by atoms with E-state index in [0.29, 0.717) is 28.4 Å². The summed E-state index contributed by atoms with van der Waals surface area (Å²) in [5.74, 6) is 0.451. The number of nitrogens with one attached hydrogen (secondary N) is 1. The molecule has 1 aromatic carbocycles. The fourth-order valence-corrected chi connectivity index (χ4v) is 2.46. The summed E-state index contributed by atoms with van der Waals surface area (Å²) < 4.78 is 1.53. The van der Waals surface area contributed by atoms with Crippen molar-refractivity contribution in [3.63, 3.8) is 0 Å². The van der Waals surface area contributed by atoms with Gasteiger partial charge in [-0.25, -0.2) is 4.98 Å². The first-order chi connectivity index (χ1) is 8.65. The highest BCUT2D eigenvalue weighted by Crippen LogP contribution is 2.18. The topological polar surface area (TPSA) is 46.9 Å². The van der Waals surface area contributed by atoms with Gasteiger partial charge in [-0.15, -0.1) is 0 Å². The maximum Gasteiger partial charge on any atom is 0.262 e. The molecule has 1 aliphatic rings. The van der Waals surface area contributed by atoms with Crippen molar-refractivity contribution >= 4 is 34.1 Å². The molecule has 0 spiro atoms. The molecule has 0 saturated carbocycles. The van der Waals surface area contributed by atoms with Crippen LogP contribution in [0.25, 0.3) is 10.9 Å². The zero-order valence-electron chi connectivity index (χ0n) is 9.49. The average Bonchev–Trinajstić information content (AvgIpc) is 2.25. The Labute approximate surface area is 114 Å². The van der Waals surface area contributed by atoms with E-state index in [1.807, 2.05) is 0 Å². The molecule has 0 radical (unpaired) electrons. The van der Waals surface area contributed by atoms with E-state index in [2.05, 4.69) is 10.3 Å². The molecule has 18 heavy (non-hydrogen) atoms. The first kappa shape index (κ1) is 12.0. The molecule has 0 atom stereocenters. The van der Waals surface area contributed by atoms with E-state index >= 15 is 0 Å². The quantitative estimate of drug-likeness (QED) is 0.857. The predicted molar refractivity (Wildman–Crippen MR) is 72.4 cm³/mol. The number of halogens is 2. The van der Waals surface area contributed by atoms with Crippen molar-refractivity contribution in [1.82, 2.24) is 14.9 Å². The molecule has 0 amide bonds. The van der Waals surface area contributed by atoms with Gasteiger partial charge in [0.25, 0.3) is 5.56 Å². The molecule has 2 aromatic rings. The summed E-state index contributed by atoms with van der Waals surface area (Å²) in [6.07, 6.45) is 0. The number of nitrogens with zero attached hydrogens (tertiary/aromatic N) is 2. The largest absolute Gasteiger partial charge is 0.316 e. The van der Waals surface area contributed by atoms with Gasteiger partial charge in [-0.05, 0) is 29.8 Å². The summed E-state index contributed by atoms with van der Waals surface area (Å²) in [7, 11) is 0. The van der Waals surface area contributed by atoms with Gasteiger partial charge >= 0.3 is 0 Å². The van der Waals surface area contributed by atoms with Crippen LogP contribution in [-0.2, 0) is 6.54 Å². The van der Waals surface area contributed by atoms with Crippen LogP contribution < -0.4 is 10.9 Å². The lowest BCUT2D eigenvalue weighted by atomic mass is 10.0. The van der Waals surface area contributed by atoms with Gasteiger partial charge in [0.05, 0.1) is 10.9 Å². The number of rotatable bonds is 2. The van der Waals surface area contributed by atoms with Gasteiger partial charge in [-0.2, -0.15) is 0 Å². The zero-order valence-corrected chi connectivity index (χ0v) is 11.0. The van der Waals surface area contributed by atoms with Crippen LogP contribution in [0.1, 0.15) is 0 Å². The molecule has 1 N–H and O–H groups in total. The highest BCUT2D eigenvalue weighted by Gasteiger charge is 2.20. The summed E-state index contributed by atoms with van der Waals surface area (Å²) in [5, 5.41) is 4.49. The molecule has 0 unspecified atom stereocenters. The Kier molecular flexibility index (Phi) is 3.01. The Morgan fingerprint density at radius 3 is 2.83 bits per heavy atom. The van der Waals surface area contributed by atoms with E-state index in [4.69, 9.17) is 23.2 Å². The van der Waals surface area contributed by atoms with Crippen LogP contribution in [0.15, 0.2) is 23.0 Å². The lowest BCUT2D eigenvalue weighted by Gasteiger charge is -2.27. The molecule has 3 rings (SSSR count). The minimum atomic E-state index is -0.103. The number of hydrogen-bond acceptors (Lipinski definition) is 3. The fourth-order valence-electron chi connectivity index (χ4n) is 2.06. The monoisotopic (exact) mass is 283 g/mol. The molecule has 1 aromatic heterocycles. The van der Waals surface area contributed by atoms with Gasteiger partial charge in [0.15, 0.2) is 0 Å². The van der Waals surface area contributed by atoms with Crippen molar-refractivity contribution in [2.75, 3.05) is 13.1 Å². The van der Waals surface area contributed by atoms with Gasteiger partial charge in [0.1, 0.15) is 0 Å². The molecule has 94 valence electrons. The van der Waals surface area contributed by atoms with Crippen LogP contribution in [0.2, 0.25) is 10.3 Å². The second-order valence-electron chi connectivity index (χ2n) is 4.48. The summed E-state index contributed by atoms with van der Waals surface area (Å²) in [4.78, 5) is 16.5. The van der Waals surface area contributed by atoms with Gasteiger partial charge in [0.2, 0.25) is 5.28 Å². The summed E-state index contributed by atoms with van der Waals surface area (Å²) in [5.41, 5.74) is 0.439. The molecule has 6 heteroatoms. The highest BCUT2D eigenvalue weighted by atomic mass is 35.5. The van der Waals surface area contributed by atoms with Crippen LogP contribution in [0, 0.1) is 5.92 Å². The number of fused-ring (bicyclic) bond motifs is 1. The van der Waals surface area contributed by atoms with E-state index < -0.39 is 0 Å². The zero-order chi connectivity index (χ0) is 12.7. The van der Waals surface area contributed by atoms with E-state index in [-0.39, 0.29) is 10.8 Å². The molecular formula is C12H11Cl2N3O. The van der Waals surface area contributed by atoms with Crippen LogP contribution >= 0.6 is 23.2 Å². The van der Waals surface area contributed by atoms with Crippen molar-refractivity contribution in [3.8, 4) is 0 Å². The first-order valence-electron chi connectivity index (χ1n) is 5.71. The third-order valence-electron chi connectivity index (χ3n) is 3.18. The van der Waals surface area contributed by atoms with Crippen LogP contribution in [0.3, 0.4) is 0 Å². The normalized spacial score (nSPS) is 15.9. The van der Waals surface area contributed by atoms with Crippen LogP contribution in [-0.4, -0.2) is 22.6 Å². The fraction of sp³-hybridized carbons (Fsp3) is 0.333. The predicted octanol–water partition coefficient (Wildman–Crippen LogP) is 1.92. The first-order valence-corrected chi connectivity index (χ1v) is 6.47. The smallest absolute Gasteiger partial charge is 0.262 e. The van der Waals surface area contributed by atoms with Crippen molar-refractivity contribution in [1.29, 1.82) is 0 Å². The second kappa shape index (κ2) is 4.53. The van der Waals surface area contributed by atoms with Crippen molar-refractivity contribution in [2.45, 2.75) is 6.54 Å². The maximum atomic E-state index is 12.3. The minimum absolute atomic E-state index is 0.103. The van der Waals surface area contributed by atoms with Gasteiger partial charge in [-0.1, -0.05) is 11.6 Å². The Bertz CT molecular complexity index is 664. The maximum absolute atomic E-state index is 12.3. The Morgan fingerprint density at radius 2 is 2.17 bits per heavy atom. The standard InChI is InChI=1S/C12H11Cl2N3O/c13-8-1-2-9-10(3-8)16-12(14)17(11(9)18)6-7-4-15-5-7/h1-3,7,15H,4-6H2. The summed E-state index contributed by atoms with van der Waals surface area (Å²) in [6, 6.07) is 5.04. The molecule has 1 fully saturated rings. The molecule has 0 aliphatic carbocycles. The number of benzene rings is 1. The molecule has 0 bridgehead atoms. The minimum Gasteiger partial charge on any atom is -0.316 e. The highest BCUT2D eigenvalue weighted by molar-refractivity contribution is 6.31. The van der Waals surface area contributed by atoms with Crippen LogP contribution in [0.4, 0.5) is 0 Å². The van der Waals surface area contributed by atoms with Crippen molar-refractivity contribution < 1.29 is 0 Å². The molecule has 2 heterocycles. The molecule has 4 nitrogen and oxygen atoms in total. The van der Waals surface area contributed by atoms with Gasteiger partial charge in [-0.3, -0.25) is 9.36 Å². The Morgan fingerprint density at radius 1 is 1.39 bits per heavy atom. The van der Waals surface area contributed by atoms with Gasteiger partial charge in [0, 0.05) is 30.6 Å². The van der Waals surface area contributed by atoms with Crippen molar-refractivity contribution in [2.24, 2.45) is 5.92 Å². The number of aromatic nitrogens is 2. The third-order valence-corrected chi connectivity index (χ3v) is 3.70. The molecule has 1 saturated heterocycles. The molecular weight excluding hydrogens is 273 g/mol. The Balaban J connectivity index is 2.14. The third kappa shape index (κ3) is 2.00. The Hall–Kier alpha value is -1.10. The van der Waals surface area contributed by atoms with Crippen molar-refractivity contribution in [3.05, 3.63) is 38.9 Å². The molecule has 1 aliphatic heterocycles. The average molecular weight is 284 g/mol. The SMILES string of the molecule is O=c1c2ccc(Cl)cc2nc(Cl)n1CC1CNC1. The lowest BCUT2D eigenvalue weighted by molar-refractivity contribution is 0.303. The number of hydrogen-bond donors (Lipinski definition) is 1. The van der Waals surface area contributed by atoms with Gasteiger partial charge < -0.3 is 5.32 Å². The summed E-state index contributed by atoms with van der Waals surface area (Å²) in [6.45, 7) is 2.44. The van der Waals surface area contributed by atoms with E-state index in [1.54, 1.807) is 18.2 Å². The lowest BCUT2D eigenvalue weighted by Crippen LogP contribution is -2.45. The van der Waals surface area contributed by atoms with E-state index in [1.165, 1.54) is 4.57 Å².